The highest BCUT2D eigenvalue weighted by Gasteiger charge is 2.27. The normalized spacial score (nSPS) is 13.6. The zero-order chi connectivity index (χ0) is 25.7. The van der Waals surface area contributed by atoms with E-state index in [1.807, 2.05) is 26.0 Å². The predicted molar refractivity (Wildman–Crippen MR) is 133 cm³/mol. The SMILES string of the molecule is COc1ccc(C2=CC(=O)CCc3c2cc(OC)c(OC)c3OC)cc1OC(=O)C(N)CC(C)C.[Cl-]. The monoisotopic (exact) mass is 518 g/mol. The van der Waals surface area contributed by atoms with Gasteiger partial charge >= 0.3 is 5.97 Å². The minimum absolute atomic E-state index is 0. The van der Waals surface area contributed by atoms with Gasteiger partial charge in [-0.15, -0.1) is 0 Å². The lowest BCUT2D eigenvalue weighted by atomic mass is 9.92. The third-order valence-electron chi connectivity index (χ3n) is 5.86. The number of allylic oxidation sites excluding steroid dienone is 1. The Morgan fingerprint density at radius 3 is 2.17 bits per heavy atom. The van der Waals surface area contributed by atoms with Crippen molar-refractivity contribution in [3.63, 3.8) is 0 Å². The third kappa shape index (κ3) is 6.12. The molecule has 1 aliphatic rings. The van der Waals surface area contributed by atoms with E-state index in [1.54, 1.807) is 39.5 Å². The summed E-state index contributed by atoms with van der Waals surface area (Å²) in [5.74, 6) is 1.71. The summed E-state index contributed by atoms with van der Waals surface area (Å²) in [6.45, 7) is 3.97. The summed E-state index contributed by atoms with van der Waals surface area (Å²) < 4.78 is 27.8. The molecule has 0 fully saturated rings. The molecular weight excluding hydrogens is 486 g/mol. The number of carbonyl (C=O) groups is 2. The van der Waals surface area contributed by atoms with Crippen LogP contribution in [-0.2, 0) is 16.0 Å². The number of fused-ring (bicyclic) bond motifs is 1. The Bertz CT molecular complexity index is 1140. The maximum absolute atomic E-state index is 12.7. The second-order valence-electron chi connectivity index (χ2n) is 8.72. The topological polar surface area (TPSA) is 106 Å². The Balaban J connectivity index is 0.00000456. The van der Waals surface area contributed by atoms with Gasteiger partial charge < -0.3 is 41.8 Å². The van der Waals surface area contributed by atoms with Gasteiger partial charge in [-0.2, -0.15) is 0 Å². The van der Waals surface area contributed by atoms with Crippen molar-refractivity contribution in [3.8, 4) is 28.7 Å². The highest BCUT2D eigenvalue weighted by Crippen LogP contribution is 2.47. The number of ketones is 1. The summed E-state index contributed by atoms with van der Waals surface area (Å²) in [6, 6.07) is 6.25. The second kappa shape index (κ2) is 12.6. The smallest absolute Gasteiger partial charge is 0.328 e. The lowest BCUT2D eigenvalue weighted by Crippen LogP contribution is -3.00. The molecule has 1 unspecified atom stereocenters. The van der Waals surface area contributed by atoms with E-state index < -0.39 is 12.0 Å². The van der Waals surface area contributed by atoms with Gasteiger partial charge in [0.05, 0.1) is 28.4 Å². The fourth-order valence-corrected chi connectivity index (χ4v) is 4.21. The summed E-state index contributed by atoms with van der Waals surface area (Å²) in [6.07, 6.45) is 2.87. The van der Waals surface area contributed by atoms with E-state index in [2.05, 4.69) is 0 Å². The predicted octanol–water partition coefficient (Wildman–Crippen LogP) is 0.951. The molecular formula is C27H33ClNO7-. The molecule has 0 spiro atoms. The minimum atomic E-state index is -0.760. The van der Waals surface area contributed by atoms with Gasteiger partial charge in [0.2, 0.25) is 5.75 Å². The number of hydrogen-bond donors (Lipinski definition) is 1. The molecule has 0 bridgehead atoms. The van der Waals surface area contributed by atoms with Crippen molar-refractivity contribution in [1.29, 1.82) is 0 Å². The van der Waals surface area contributed by atoms with E-state index >= 15 is 0 Å². The quantitative estimate of drug-likeness (QED) is 0.386. The van der Waals surface area contributed by atoms with E-state index in [0.29, 0.717) is 53.4 Å². The summed E-state index contributed by atoms with van der Waals surface area (Å²) in [5.41, 5.74) is 8.93. The highest BCUT2D eigenvalue weighted by atomic mass is 35.5. The Labute approximate surface area is 218 Å². The summed E-state index contributed by atoms with van der Waals surface area (Å²) in [7, 11) is 6.13. The first-order chi connectivity index (χ1) is 16.7. The van der Waals surface area contributed by atoms with Gasteiger partial charge in [0.15, 0.2) is 28.8 Å². The van der Waals surface area contributed by atoms with Crippen LogP contribution in [0.3, 0.4) is 0 Å². The van der Waals surface area contributed by atoms with Crippen LogP contribution < -0.4 is 41.8 Å². The third-order valence-corrected chi connectivity index (χ3v) is 5.86. The number of methoxy groups -OCH3 is 4. The summed E-state index contributed by atoms with van der Waals surface area (Å²) in [4.78, 5) is 25.3. The molecule has 0 aromatic heterocycles. The number of halogens is 1. The van der Waals surface area contributed by atoms with Crippen LogP contribution in [0.2, 0.25) is 0 Å². The first kappa shape index (κ1) is 29.0. The van der Waals surface area contributed by atoms with Crippen molar-refractivity contribution in [3.05, 3.63) is 47.0 Å². The van der Waals surface area contributed by atoms with E-state index in [4.69, 9.17) is 29.4 Å². The molecule has 1 aliphatic carbocycles. The van der Waals surface area contributed by atoms with Crippen molar-refractivity contribution in [2.45, 2.75) is 39.2 Å². The average Bonchev–Trinajstić information content (AvgIpc) is 3.00. The molecule has 2 N–H and O–H groups in total. The van der Waals surface area contributed by atoms with Crippen molar-refractivity contribution in [2.24, 2.45) is 11.7 Å². The molecule has 0 radical (unpaired) electrons. The van der Waals surface area contributed by atoms with Gasteiger partial charge in [0.1, 0.15) is 6.04 Å². The fourth-order valence-electron chi connectivity index (χ4n) is 4.21. The molecule has 0 saturated heterocycles. The van der Waals surface area contributed by atoms with E-state index in [9.17, 15) is 9.59 Å². The Kier molecular flexibility index (Phi) is 10.2. The molecule has 1 atom stereocenters. The largest absolute Gasteiger partial charge is 1.00 e. The van der Waals surface area contributed by atoms with Crippen LogP contribution in [0.4, 0.5) is 0 Å². The van der Waals surface area contributed by atoms with Crippen molar-refractivity contribution < 1.29 is 45.7 Å². The van der Waals surface area contributed by atoms with Gasteiger partial charge in [0, 0.05) is 12.0 Å². The molecule has 9 heteroatoms. The van der Waals surface area contributed by atoms with E-state index in [1.165, 1.54) is 7.11 Å². The van der Waals surface area contributed by atoms with Crippen LogP contribution in [0.15, 0.2) is 30.3 Å². The Hall–Kier alpha value is -3.23. The molecule has 2 aromatic carbocycles. The second-order valence-corrected chi connectivity index (χ2v) is 8.72. The van der Waals surface area contributed by atoms with Crippen LogP contribution in [0.25, 0.3) is 5.57 Å². The van der Waals surface area contributed by atoms with Crippen LogP contribution in [-0.4, -0.2) is 46.2 Å². The molecule has 0 amide bonds. The molecule has 196 valence electrons. The zero-order valence-electron chi connectivity index (χ0n) is 21.5. The van der Waals surface area contributed by atoms with Crippen LogP contribution in [0.5, 0.6) is 28.7 Å². The summed E-state index contributed by atoms with van der Waals surface area (Å²) >= 11 is 0. The highest BCUT2D eigenvalue weighted by molar-refractivity contribution is 6.03. The maximum atomic E-state index is 12.7. The summed E-state index contributed by atoms with van der Waals surface area (Å²) in [5, 5.41) is 0. The fraction of sp³-hybridized carbons (Fsp3) is 0.407. The van der Waals surface area contributed by atoms with E-state index in [0.717, 1.165) is 11.1 Å². The molecule has 8 nitrogen and oxygen atoms in total. The van der Waals surface area contributed by atoms with Gasteiger partial charge in [-0.3, -0.25) is 4.79 Å². The maximum Gasteiger partial charge on any atom is 0.328 e. The van der Waals surface area contributed by atoms with Crippen molar-refractivity contribution in [1.82, 2.24) is 0 Å². The molecule has 0 aliphatic heterocycles. The number of hydrogen-bond acceptors (Lipinski definition) is 8. The lowest BCUT2D eigenvalue weighted by molar-refractivity contribution is -0.136. The van der Waals surface area contributed by atoms with Crippen LogP contribution in [0, 0.1) is 5.92 Å². The van der Waals surface area contributed by atoms with Gasteiger partial charge in [-0.25, -0.2) is 4.79 Å². The first-order valence-corrected chi connectivity index (χ1v) is 11.5. The van der Waals surface area contributed by atoms with Gasteiger partial charge in [-0.1, -0.05) is 19.9 Å². The Morgan fingerprint density at radius 1 is 0.917 bits per heavy atom. The van der Waals surface area contributed by atoms with E-state index in [-0.39, 0.29) is 29.9 Å². The number of esters is 1. The molecule has 36 heavy (non-hydrogen) atoms. The number of nitrogens with two attached hydrogens (primary N) is 1. The number of rotatable bonds is 9. The zero-order valence-corrected chi connectivity index (χ0v) is 22.2. The molecule has 0 saturated carbocycles. The first-order valence-electron chi connectivity index (χ1n) is 11.5. The number of benzene rings is 2. The van der Waals surface area contributed by atoms with Gasteiger partial charge in [-0.05, 0) is 59.7 Å². The molecule has 3 rings (SSSR count). The minimum Gasteiger partial charge on any atom is -1.00 e. The Morgan fingerprint density at radius 2 is 1.58 bits per heavy atom. The van der Waals surface area contributed by atoms with Gasteiger partial charge in [0.25, 0.3) is 0 Å². The molecule has 2 aromatic rings. The average molecular weight is 519 g/mol. The number of carbonyl (C=O) groups excluding carboxylic acids is 2. The van der Waals surface area contributed by atoms with Crippen LogP contribution in [0.1, 0.15) is 43.4 Å². The number of ether oxygens (including phenoxy) is 5. The van der Waals surface area contributed by atoms with Crippen LogP contribution >= 0.6 is 0 Å². The standard InChI is InChI=1S/C27H33NO7.ClH/c1-15(2)11-21(28)27(30)35-23-12-16(7-10-22(23)31-3)19-13-17(29)8-9-18-20(19)14-24(32-4)26(34-6)25(18)33-5;/h7,10,12-15,21H,8-9,11,28H2,1-6H3;1H/p-1. The lowest BCUT2D eigenvalue weighted by Gasteiger charge is -2.20. The van der Waals surface area contributed by atoms with Crippen molar-refractivity contribution in [2.75, 3.05) is 28.4 Å². The van der Waals surface area contributed by atoms with Crippen molar-refractivity contribution >= 4 is 17.3 Å². The molecule has 0 heterocycles.